The van der Waals surface area contributed by atoms with Crippen molar-refractivity contribution in [2.75, 3.05) is 6.54 Å². The number of rotatable bonds is 7. The first-order chi connectivity index (χ1) is 9.41. The van der Waals surface area contributed by atoms with E-state index in [0.29, 0.717) is 4.88 Å². The Morgan fingerprint density at radius 1 is 1.35 bits per heavy atom. The minimum atomic E-state index is -0.978. The Bertz CT molecular complexity index is 471. The number of aliphatic carboxylic acids is 1. The molecule has 0 aliphatic rings. The lowest BCUT2D eigenvalue weighted by atomic mass is 10.0. The molecule has 3 N–H and O–H groups in total. The van der Waals surface area contributed by atoms with E-state index in [4.69, 9.17) is 5.11 Å². The van der Waals surface area contributed by atoms with Crippen LogP contribution in [0.2, 0.25) is 0 Å². The predicted octanol–water partition coefficient (Wildman–Crippen LogP) is 1.09. The number of amides is 2. The van der Waals surface area contributed by atoms with Crippen LogP contribution in [0.5, 0.6) is 0 Å². The summed E-state index contributed by atoms with van der Waals surface area (Å²) in [5.41, 5.74) is 0. The Kier molecular flexibility index (Phi) is 6.17. The van der Waals surface area contributed by atoms with E-state index in [2.05, 4.69) is 10.6 Å². The predicted molar refractivity (Wildman–Crippen MR) is 75.7 cm³/mol. The molecule has 0 spiro atoms. The first kappa shape index (κ1) is 16.2. The van der Waals surface area contributed by atoms with Crippen molar-refractivity contribution < 1.29 is 19.5 Å². The minimum absolute atomic E-state index is 0.0479. The van der Waals surface area contributed by atoms with Crippen LogP contribution in [0.1, 0.15) is 29.9 Å². The Morgan fingerprint density at radius 3 is 2.55 bits per heavy atom. The maximum absolute atomic E-state index is 12.0. The fourth-order valence-electron chi connectivity index (χ4n) is 1.56. The molecule has 0 aromatic carbocycles. The molecule has 6 nitrogen and oxygen atoms in total. The smallest absolute Gasteiger partial charge is 0.305 e. The summed E-state index contributed by atoms with van der Waals surface area (Å²) in [5.74, 6) is -1.74. The van der Waals surface area contributed by atoms with E-state index in [-0.39, 0.29) is 30.7 Å². The fraction of sp³-hybridized carbons (Fsp3) is 0.462. The standard InChI is InChI=1S/C13H18N2O4S/c1-8(2)11(13(19)14-6-5-10(16)17)15-12(18)9-4-3-7-20-9/h3-4,7-8,11H,5-6H2,1-2H3,(H,14,19)(H,15,18)(H,16,17). The summed E-state index contributed by atoms with van der Waals surface area (Å²) in [6.45, 7) is 3.68. The van der Waals surface area contributed by atoms with Crippen molar-refractivity contribution in [2.24, 2.45) is 5.92 Å². The van der Waals surface area contributed by atoms with Gasteiger partial charge in [0.1, 0.15) is 6.04 Å². The molecule has 0 bridgehead atoms. The van der Waals surface area contributed by atoms with Gasteiger partial charge in [0.25, 0.3) is 5.91 Å². The highest BCUT2D eigenvalue weighted by Gasteiger charge is 2.24. The summed E-state index contributed by atoms with van der Waals surface area (Å²) < 4.78 is 0. The summed E-state index contributed by atoms with van der Waals surface area (Å²) >= 11 is 1.30. The van der Waals surface area contributed by atoms with Gasteiger partial charge in [-0.3, -0.25) is 14.4 Å². The zero-order valence-corrected chi connectivity index (χ0v) is 12.2. The van der Waals surface area contributed by atoms with Crippen LogP contribution in [0.15, 0.2) is 17.5 Å². The molecule has 0 aliphatic heterocycles. The molecule has 0 saturated carbocycles. The molecule has 0 saturated heterocycles. The van der Waals surface area contributed by atoms with Gasteiger partial charge in [-0.15, -0.1) is 11.3 Å². The van der Waals surface area contributed by atoms with Gasteiger partial charge in [0.2, 0.25) is 5.91 Å². The van der Waals surface area contributed by atoms with E-state index in [1.807, 2.05) is 13.8 Å². The lowest BCUT2D eigenvalue weighted by Crippen LogP contribution is -2.49. The largest absolute Gasteiger partial charge is 0.481 e. The van der Waals surface area contributed by atoms with Gasteiger partial charge in [-0.2, -0.15) is 0 Å². The Labute approximate surface area is 121 Å². The number of carboxylic acid groups (broad SMARTS) is 1. The molecule has 110 valence electrons. The van der Waals surface area contributed by atoms with Crippen molar-refractivity contribution in [3.63, 3.8) is 0 Å². The zero-order chi connectivity index (χ0) is 15.1. The molecule has 1 atom stereocenters. The van der Waals surface area contributed by atoms with Gasteiger partial charge in [0.15, 0.2) is 0 Å². The molecule has 7 heteroatoms. The van der Waals surface area contributed by atoms with Gasteiger partial charge >= 0.3 is 5.97 Å². The molecule has 2 amide bonds. The van der Waals surface area contributed by atoms with E-state index in [1.165, 1.54) is 11.3 Å². The molecule has 20 heavy (non-hydrogen) atoms. The molecular weight excluding hydrogens is 280 g/mol. The van der Waals surface area contributed by atoms with Crippen LogP contribution in [-0.4, -0.2) is 35.5 Å². The zero-order valence-electron chi connectivity index (χ0n) is 11.4. The number of hydrogen-bond donors (Lipinski definition) is 3. The quantitative estimate of drug-likeness (QED) is 0.702. The minimum Gasteiger partial charge on any atom is -0.481 e. The van der Waals surface area contributed by atoms with Crippen molar-refractivity contribution in [3.8, 4) is 0 Å². The molecule has 0 aliphatic carbocycles. The van der Waals surface area contributed by atoms with E-state index >= 15 is 0 Å². The lowest BCUT2D eigenvalue weighted by Gasteiger charge is -2.21. The van der Waals surface area contributed by atoms with E-state index in [9.17, 15) is 14.4 Å². The van der Waals surface area contributed by atoms with Crippen LogP contribution in [0.25, 0.3) is 0 Å². The molecule has 1 heterocycles. The highest BCUT2D eigenvalue weighted by Crippen LogP contribution is 2.10. The Balaban J connectivity index is 2.57. The van der Waals surface area contributed by atoms with Gasteiger partial charge < -0.3 is 15.7 Å². The lowest BCUT2D eigenvalue weighted by molar-refractivity contribution is -0.137. The van der Waals surface area contributed by atoms with Crippen LogP contribution in [0.3, 0.4) is 0 Å². The average molecular weight is 298 g/mol. The number of thiophene rings is 1. The van der Waals surface area contributed by atoms with Crippen LogP contribution < -0.4 is 10.6 Å². The molecule has 0 fully saturated rings. The van der Waals surface area contributed by atoms with E-state index in [0.717, 1.165) is 0 Å². The summed E-state index contributed by atoms with van der Waals surface area (Å²) in [4.78, 5) is 34.8. The summed E-state index contributed by atoms with van der Waals surface area (Å²) in [6, 6.07) is 2.76. The SMILES string of the molecule is CC(C)C(NC(=O)c1cccs1)C(=O)NCCC(=O)O. The third-order valence-electron chi connectivity index (χ3n) is 2.62. The number of carbonyl (C=O) groups is 3. The van der Waals surface area contributed by atoms with Gasteiger partial charge in [0.05, 0.1) is 11.3 Å². The van der Waals surface area contributed by atoms with Crippen molar-refractivity contribution in [3.05, 3.63) is 22.4 Å². The van der Waals surface area contributed by atoms with Gasteiger partial charge in [-0.1, -0.05) is 19.9 Å². The van der Waals surface area contributed by atoms with Crippen LogP contribution in [0, 0.1) is 5.92 Å². The topological polar surface area (TPSA) is 95.5 Å². The summed E-state index contributed by atoms with van der Waals surface area (Å²) in [6.07, 6.45) is -0.143. The highest BCUT2D eigenvalue weighted by atomic mass is 32.1. The van der Waals surface area contributed by atoms with E-state index < -0.39 is 12.0 Å². The van der Waals surface area contributed by atoms with E-state index in [1.54, 1.807) is 17.5 Å². The third-order valence-corrected chi connectivity index (χ3v) is 3.49. The van der Waals surface area contributed by atoms with Crippen molar-refractivity contribution in [2.45, 2.75) is 26.3 Å². The highest BCUT2D eigenvalue weighted by molar-refractivity contribution is 7.12. The van der Waals surface area contributed by atoms with Gasteiger partial charge in [-0.05, 0) is 17.4 Å². The fourth-order valence-corrected chi connectivity index (χ4v) is 2.18. The second kappa shape index (κ2) is 7.64. The molecule has 1 aromatic heterocycles. The number of carbonyl (C=O) groups excluding carboxylic acids is 2. The van der Waals surface area contributed by atoms with Crippen LogP contribution in [0.4, 0.5) is 0 Å². The van der Waals surface area contributed by atoms with Crippen molar-refractivity contribution >= 4 is 29.1 Å². The number of nitrogens with one attached hydrogen (secondary N) is 2. The van der Waals surface area contributed by atoms with Gasteiger partial charge in [-0.25, -0.2) is 0 Å². The van der Waals surface area contributed by atoms with Crippen molar-refractivity contribution in [1.29, 1.82) is 0 Å². The normalized spacial score (nSPS) is 11.9. The van der Waals surface area contributed by atoms with Crippen LogP contribution >= 0.6 is 11.3 Å². The number of carboxylic acids is 1. The molecular formula is C13H18N2O4S. The monoisotopic (exact) mass is 298 g/mol. The second-order valence-corrected chi connectivity index (χ2v) is 5.55. The molecule has 1 aromatic rings. The third kappa shape index (κ3) is 5.00. The second-order valence-electron chi connectivity index (χ2n) is 4.61. The average Bonchev–Trinajstić information content (AvgIpc) is 2.88. The van der Waals surface area contributed by atoms with Gasteiger partial charge in [0, 0.05) is 6.54 Å². The van der Waals surface area contributed by atoms with Crippen LogP contribution in [-0.2, 0) is 9.59 Å². The number of hydrogen-bond acceptors (Lipinski definition) is 4. The Morgan fingerprint density at radius 2 is 2.05 bits per heavy atom. The molecule has 1 rings (SSSR count). The first-order valence-electron chi connectivity index (χ1n) is 6.25. The molecule has 1 unspecified atom stereocenters. The maximum atomic E-state index is 12.0. The van der Waals surface area contributed by atoms with Crippen molar-refractivity contribution in [1.82, 2.24) is 10.6 Å². The maximum Gasteiger partial charge on any atom is 0.305 e. The molecule has 0 radical (unpaired) electrons. The Hall–Kier alpha value is -1.89. The summed E-state index contributed by atoms with van der Waals surface area (Å²) in [5, 5.41) is 15.5. The summed E-state index contributed by atoms with van der Waals surface area (Å²) in [7, 11) is 0. The first-order valence-corrected chi connectivity index (χ1v) is 7.13.